The van der Waals surface area contributed by atoms with Crippen LogP contribution >= 0.6 is 27.7 Å². The maximum atomic E-state index is 14.0. The van der Waals surface area contributed by atoms with Crippen molar-refractivity contribution in [1.82, 2.24) is 10.2 Å². The maximum absolute atomic E-state index is 14.0. The third kappa shape index (κ3) is 4.91. The zero-order valence-electron chi connectivity index (χ0n) is 23.1. The van der Waals surface area contributed by atoms with Crippen molar-refractivity contribution in [2.75, 3.05) is 18.8 Å². The molecule has 0 spiro atoms. The molecule has 11 heteroatoms. The van der Waals surface area contributed by atoms with Crippen molar-refractivity contribution < 1.29 is 19.1 Å². The van der Waals surface area contributed by atoms with Gasteiger partial charge in [0.25, 0.3) is 0 Å². The Hall–Kier alpha value is -2.60. The van der Waals surface area contributed by atoms with Gasteiger partial charge >= 0.3 is 6.09 Å². The molecule has 0 saturated carbocycles. The third-order valence-electron chi connectivity index (χ3n) is 7.94. The second kappa shape index (κ2) is 10.3. The van der Waals surface area contributed by atoms with Crippen LogP contribution < -0.4 is 22.5 Å². The first-order chi connectivity index (χ1) is 18.7. The molecule has 4 unspecified atom stereocenters. The SMILES string of the molecule is Cc1ccc(Br)cc1C1(N)C(=O)C(N)C2c3c1ccc(N)c3SC2C(=O)N[C@@H]1CCCN(C(=O)OC(C)(C)C)C1. The van der Waals surface area contributed by atoms with Crippen molar-refractivity contribution in [3.05, 3.63) is 57.1 Å². The van der Waals surface area contributed by atoms with E-state index >= 15 is 0 Å². The monoisotopic (exact) mass is 629 g/mol. The van der Waals surface area contributed by atoms with Crippen molar-refractivity contribution in [2.24, 2.45) is 11.5 Å². The third-order valence-corrected chi connectivity index (χ3v) is 9.88. The van der Waals surface area contributed by atoms with E-state index in [-0.39, 0.29) is 17.7 Å². The first-order valence-electron chi connectivity index (χ1n) is 13.5. The number of ether oxygens (including phenoxy) is 1. The fourth-order valence-electron chi connectivity index (χ4n) is 6.09. The minimum absolute atomic E-state index is 0.237. The molecule has 40 heavy (non-hydrogen) atoms. The van der Waals surface area contributed by atoms with E-state index in [9.17, 15) is 14.4 Å². The number of nitrogens with two attached hydrogens (primary N) is 3. The number of nitrogens with zero attached hydrogens (tertiary/aromatic N) is 1. The van der Waals surface area contributed by atoms with E-state index in [0.29, 0.717) is 29.9 Å². The van der Waals surface area contributed by atoms with Gasteiger partial charge in [0.05, 0.1) is 11.3 Å². The Labute approximate surface area is 247 Å². The topological polar surface area (TPSA) is 154 Å². The van der Waals surface area contributed by atoms with Crippen LogP contribution in [0.25, 0.3) is 0 Å². The van der Waals surface area contributed by atoms with Gasteiger partial charge in [-0.25, -0.2) is 4.79 Å². The molecule has 7 N–H and O–H groups in total. The van der Waals surface area contributed by atoms with Crippen LogP contribution in [0.4, 0.5) is 10.5 Å². The molecule has 2 aromatic carbocycles. The van der Waals surface area contributed by atoms with E-state index in [1.54, 1.807) is 17.0 Å². The van der Waals surface area contributed by atoms with Crippen molar-refractivity contribution in [2.45, 2.75) is 79.8 Å². The molecule has 1 saturated heterocycles. The number of piperidine rings is 1. The van der Waals surface area contributed by atoms with Gasteiger partial charge in [-0.2, -0.15) is 0 Å². The van der Waals surface area contributed by atoms with Gasteiger partial charge in [0.1, 0.15) is 11.1 Å². The van der Waals surface area contributed by atoms with Crippen LogP contribution in [-0.2, 0) is 19.9 Å². The molecule has 1 fully saturated rings. The van der Waals surface area contributed by atoms with Gasteiger partial charge in [-0.05, 0) is 81.0 Å². The zero-order chi connectivity index (χ0) is 29.1. The number of likely N-dealkylation sites (tertiary alicyclic amines) is 1. The Morgan fingerprint density at radius 2 is 1.93 bits per heavy atom. The highest BCUT2D eigenvalue weighted by atomic mass is 79.9. The number of carbonyl (C=O) groups excluding carboxylic acids is 3. The molecule has 2 heterocycles. The van der Waals surface area contributed by atoms with E-state index in [2.05, 4.69) is 21.2 Å². The van der Waals surface area contributed by atoms with Gasteiger partial charge < -0.3 is 32.2 Å². The number of ketones is 1. The molecule has 9 nitrogen and oxygen atoms in total. The van der Waals surface area contributed by atoms with E-state index in [1.807, 2.05) is 45.9 Å². The molecule has 2 amide bonds. The Balaban J connectivity index is 1.44. The highest BCUT2D eigenvalue weighted by Crippen LogP contribution is 2.56. The lowest BCUT2D eigenvalue weighted by atomic mass is 9.64. The predicted octanol–water partition coefficient (Wildman–Crippen LogP) is 3.53. The Kier molecular flexibility index (Phi) is 7.48. The number of hydrogen-bond donors (Lipinski definition) is 4. The summed E-state index contributed by atoms with van der Waals surface area (Å²) in [6, 6.07) is 7.96. The number of carbonyl (C=O) groups is 3. The number of rotatable bonds is 3. The summed E-state index contributed by atoms with van der Waals surface area (Å²) in [7, 11) is 0. The first-order valence-corrected chi connectivity index (χ1v) is 15.1. The molecular formula is C29H36BrN5O4S. The molecule has 5 rings (SSSR count). The molecule has 0 radical (unpaired) electrons. The largest absolute Gasteiger partial charge is 0.444 e. The number of Topliss-reactive ketones (excluding diaryl/α,β-unsaturated/α-hetero) is 1. The molecular weight excluding hydrogens is 594 g/mol. The molecule has 214 valence electrons. The van der Waals surface area contributed by atoms with Gasteiger partial charge in [-0.1, -0.05) is 28.1 Å². The van der Waals surface area contributed by atoms with Crippen molar-refractivity contribution in [3.8, 4) is 0 Å². The number of nitrogens with one attached hydrogen (secondary N) is 1. The minimum Gasteiger partial charge on any atom is -0.444 e. The summed E-state index contributed by atoms with van der Waals surface area (Å²) >= 11 is 4.84. The minimum atomic E-state index is -1.48. The Morgan fingerprint density at radius 1 is 1.20 bits per heavy atom. The Morgan fingerprint density at radius 3 is 2.62 bits per heavy atom. The molecule has 2 aliphatic heterocycles. The van der Waals surface area contributed by atoms with Crippen LogP contribution in [0.3, 0.4) is 0 Å². The highest BCUT2D eigenvalue weighted by molar-refractivity contribution is 9.10. The average Bonchev–Trinajstić information content (AvgIpc) is 3.29. The van der Waals surface area contributed by atoms with Crippen LogP contribution in [0.15, 0.2) is 39.7 Å². The summed E-state index contributed by atoms with van der Waals surface area (Å²) < 4.78 is 6.33. The van der Waals surface area contributed by atoms with Crippen LogP contribution in [0.2, 0.25) is 0 Å². The van der Waals surface area contributed by atoms with E-state index in [0.717, 1.165) is 33.3 Å². The van der Waals surface area contributed by atoms with Gasteiger partial charge in [-0.15, -0.1) is 11.8 Å². The lowest BCUT2D eigenvalue weighted by Gasteiger charge is -2.42. The number of hydrogen-bond acceptors (Lipinski definition) is 8. The standard InChI is InChI=1S/C29H36BrN5O4S/c1-14-7-8-15(30)12-18(14)29(33)17-9-10-19(31)23-20(17)21(22(32)25(29)36)24(40-23)26(37)34-16-6-5-11-35(13-16)27(38)39-28(2,3)4/h7-10,12,16,21-22,24H,5-6,11,13,31-33H2,1-4H3,(H,34,37)/t16-,21?,22?,24?,29?/m1/s1. The van der Waals surface area contributed by atoms with E-state index in [4.69, 9.17) is 21.9 Å². The van der Waals surface area contributed by atoms with E-state index < -0.39 is 34.4 Å². The predicted molar refractivity (Wildman–Crippen MR) is 159 cm³/mol. The average molecular weight is 631 g/mol. The smallest absolute Gasteiger partial charge is 0.410 e. The summed E-state index contributed by atoms with van der Waals surface area (Å²) in [6.07, 6.45) is 1.07. The number of anilines is 1. The van der Waals surface area contributed by atoms with Crippen LogP contribution in [0, 0.1) is 6.92 Å². The zero-order valence-corrected chi connectivity index (χ0v) is 25.5. The molecule has 0 aromatic heterocycles. The quantitative estimate of drug-likeness (QED) is 0.376. The number of nitrogen functional groups attached to an aromatic ring is 1. The van der Waals surface area contributed by atoms with Gasteiger partial charge in [0.2, 0.25) is 5.91 Å². The number of benzene rings is 2. The summed E-state index contributed by atoms with van der Waals surface area (Å²) in [5.74, 6) is -1.16. The van der Waals surface area contributed by atoms with Gasteiger partial charge in [0.15, 0.2) is 5.78 Å². The van der Waals surface area contributed by atoms with Crippen molar-refractivity contribution in [1.29, 1.82) is 0 Å². The molecule has 1 aliphatic carbocycles. The van der Waals surface area contributed by atoms with Crippen LogP contribution in [0.1, 0.15) is 61.8 Å². The number of amides is 2. The second-order valence-corrected chi connectivity index (χ2v) is 14.0. The summed E-state index contributed by atoms with van der Waals surface area (Å²) in [6.45, 7) is 8.31. The van der Waals surface area contributed by atoms with E-state index in [1.165, 1.54) is 11.8 Å². The van der Waals surface area contributed by atoms with Gasteiger partial charge in [-0.3, -0.25) is 9.59 Å². The number of aryl methyl sites for hydroxylation is 1. The molecule has 0 bridgehead atoms. The van der Waals surface area contributed by atoms with Gasteiger partial charge in [0, 0.05) is 40.1 Å². The summed E-state index contributed by atoms with van der Waals surface area (Å²) in [5, 5.41) is 2.46. The molecule has 2 aromatic rings. The van der Waals surface area contributed by atoms with Crippen LogP contribution in [0.5, 0.6) is 0 Å². The lowest BCUT2D eigenvalue weighted by Crippen LogP contribution is -2.61. The fraction of sp³-hybridized carbons (Fsp3) is 0.483. The molecule has 5 atom stereocenters. The maximum Gasteiger partial charge on any atom is 0.410 e. The molecule has 3 aliphatic rings. The van der Waals surface area contributed by atoms with Crippen LogP contribution in [-0.4, -0.2) is 58.7 Å². The number of thioether (sulfide) groups is 1. The normalized spacial score (nSPS) is 27.8. The fourth-order valence-corrected chi connectivity index (χ4v) is 7.90. The van der Waals surface area contributed by atoms with Crippen molar-refractivity contribution in [3.63, 3.8) is 0 Å². The number of halogens is 1. The highest BCUT2D eigenvalue weighted by Gasteiger charge is 2.57. The van der Waals surface area contributed by atoms with Crippen molar-refractivity contribution >= 4 is 51.2 Å². The Bertz CT molecular complexity index is 1400. The second-order valence-electron chi connectivity index (χ2n) is 11.9. The lowest BCUT2D eigenvalue weighted by molar-refractivity contribution is -0.126. The summed E-state index contributed by atoms with van der Waals surface area (Å²) in [4.78, 5) is 42.8. The summed E-state index contributed by atoms with van der Waals surface area (Å²) in [5.41, 5.74) is 21.5. The first kappa shape index (κ1) is 28.9.